The summed E-state index contributed by atoms with van der Waals surface area (Å²) >= 11 is 0. The Balaban J connectivity index is 0.00000256. The summed E-state index contributed by atoms with van der Waals surface area (Å²) in [5.74, 6) is 0.595. The number of halogens is 1. The Morgan fingerprint density at radius 1 is 1.17 bits per heavy atom. The first-order chi connectivity index (χ1) is 13.5. The maximum absolute atomic E-state index is 12.9. The van der Waals surface area contributed by atoms with Gasteiger partial charge in [0.05, 0.1) is 0 Å². The fourth-order valence-electron chi connectivity index (χ4n) is 7.50. The van der Waals surface area contributed by atoms with Crippen LogP contribution in [-0.2, 0) is 19.1 Å². The van der Waals surface area contributed by atoms with Crippen molar-refractivity contribution in [3.8, 4) is 0 Å². The van der Waals surface area contributed by atoms with E-state index in [1.807, 2.05) is 6.08 Å². The van der Waals surface area contributed by atoms with Gasteiger partial charge in [0.25, 0.3) is 0 Å². The summed E-state index contributed by atoms with van der Waals surface area (Å²) in [6.07, 6.45) is 8.15. The molecule has 4 aliphatic carbocycles. The zero-order chi connectivity index (χ0) is 21.4. The molecule has 2 saturated carbocycles. The normalized spacial score (nSPS) is 42.1. The summed E-state index contributed by atoms with van der Waals surface area (Å²) in [5, 5.41) is 0. The number of ether oxygens (including phenoxy) is 1. The molecule has 0 amide bonds. The van der Waals surface area contributed by atoms with Crippen LogP contribution in [0.4, 0.5) is 0 Å². The van der Waals surface area contributed by atoms with Crippen LogP contribution in [0.2, 0.25) is 0 Å². The van der Waals surface area contributed by atoms with E-state index in [1.165, 1.54) is 25.0 Å². The molecule has 4 aliphatic rings. The molecule has 4 nitrogen and oxygen atoms in total. The number of hydrogen-bond donors (Lipinski definition) is 0. The molecule has 0 aromatic rings. The predicted molar refractivity (Wildman–Crippen MR) is 118 cm³/mol. The topological polar surface area (TPSA) is 60.4 Å². The molecule has 0 radical (unpaired) electrons. The van der Waals surface area contributed by atoms with Gasteiger partial charge in [-0.1, -0.05) is 32.1 Å². The van der Waals surface area contributed by atoms with Crippen LogP contribution in [0, 0.1) is 28.6 Å². The number of Topliss-reactive ketones (excluding diaryl/α,β-unsaturated/α-hetero) is 1. The van der Waals surface area contributed by atoms with E-state index < -0.39 is 17.0 Å². The van der Waals surface area contributed by atoms with Crippen molar-refractivity contribution in [2.24, 2.45) is 28.6 Å². The first-order valence-electron chi connectivity index (χ1n) is 10.8. The largest absolute Gasteiger partial charge is 0.446 e. The minimum Gasteiger partial charge on any atom is -0.446 e. The molecule has 2 fully saturated rings. The standard InChI is InChI=1S/C25H32O4.ClH/c1-14-11-19-20(23(5)9-7-18(28)13-21(14)23)8-10-24(6)22(19)12-15(2)25(24,16(3)26)29-17(4)27;/h11,13,19-20,22H,2,7-10,12H2,1,3-6H3;1H/t19-,20+,22+,23-,24+,25+;/m1./s1. The minimum absolute atomic E-state index is 0. The highest BCUT2D eigenvalue weighted by molar-refractivity contribution is 5.93. The molecule has 164 valence electrons. The van der Waals surface area contributed by atoms with E-state index in [-0.39, 0.29) is 41.2 Å². The Morgan fingerprint density at radius 3 is 2.43 bits per heavy atom. The number of rotatable bonds is 2. The lowest BCUT2D eigenvalue weighted by Gasteiger charge is -2.57. The van der Waals surface area contributed by atoms with Crippen LogP contribution in [0.3, 0.4) is 0 Å². The summed E-state index contributed by atoms with van der Waals surface area (Å²) in [7, 11) is 0. The van der Waals surface area contributed by atoms with Gasteiger partial charge in [-0.05, 0) is 79.9 Å². The van der Waals surface area contributed by atoms with Crippen LogP contribution in [0.25, 0.3) is 0 Å². The average Bonchev–Trinajstić information content (AvgIpc) is 2.85. The molecular formula is C25H33ClO4. The molecule has 4 rings (SSSR count). The molecule has 6 atom stereocenters. The molecule has 0 spiro atoms. The van der Waals surface area contributed by atoms with Gasteiger partial charge in [0.15, 0.2) is 17.2 Å². The number of allylic oxidation sites excluding steroid dienone is 4. The van der Waals surface area contributed by atoms with Crippen LogP contribution in [0.15, 0.2) is 35.5 Å². The zero-order valence-electron chi connectivity index (χ0n) is 18.7. The van der Waals surface area contributed by atoms with Crippen molar-refractivity contribution in [3.05, 3.63) is 35.5 Å². The van der Waals surface area contributed by atoms with Gasteiger partial charge in [0.2, 0.25) is 0 Å². The Kier molecular flexibility index (Phi) is 5.51. The summed E-state index contributed by atoms with van der Waals surface area (Å²) in [6, 6.07) is 0. The van der Waals surface area contributed by atoms with Gasteiger partial charge in [-0.25, -0.2) is 0 Å². The number of esters is 1. The molecule has 0 aliphatic heterocycles. The van der Waals surface area contributed by atoms with E-state index in [0.717, 1.165) is 24.8 Å². The van der Waals surface area contributed by atoms with Gasteiger partial charge in [0.1, 0.15) is 0 Å². The number of ketones is 2. The van der Waals surface area contributed by atoms with Crippen molar-refractivity contribution in [2.45, 2.75) is 72.3 Å². The monoisotopic (exact) mass is 432 g/mol. The van der Waals surface area contributed by atoms with E-state index in [9.17, 15) is 14.4 Å². The molecule has 0 bridgehead atoms. The smallest absolute Gasteiger partial charge is 0.303 e. The van der Waals surface area contributed by atoms with Crippen molar-refractivity contribution < 1.29 is 19.1 Å². The second-order valence-corrected chi connectivity index (χ2v) is 10.2. The lowest BCUT2D eigenvalue weighted by atomic mass is 9.47. The summed E-state index contributed by atoms with van der Waals surface area (Å²) < 4.78 is 5.83. The van der Waals surface area contributed by atoms with Gasteiger partial charge in [0, 0.05) is 18.8 Å². The second-order valence-electron chi connectivity index (χ2n) is 10.2. The molecule has 30 heavy (non-hydrogen) atoms. The molecule has 0 N–H and O–H groups in total. The van der Waals surface area contributed by atoms with E-state index >= 15 is 0 Å². The fraction of sp³-hybridized carbons (Fsp3) is 0.640. The number of hydrogen-bond acceptors (Lipinski definition) is 4. The number of fused-ring (bicyclic) bond motifs is 5. The Hall–Kier alpha value is -1.68. The van der Waals surface area contributed by atoms with E-state index in [2.05, 4.69) is 33.4 Å². The lowest BCUT2D eigenvalue weighted by molar-refractivity contribution is -0.179. The first-order valence-corrected chi connectivity index (χ1v) is 10.8. The number of carbonyl (C=O) groups excluding carboxylic acids is 3. The summed E-state index contributed by atoms with van der Waals surface area (Å²) in [6.45, 7) is 13.7. The maximum atomic E-state index is 12.9. The number of carbonyl (C=O) groups is 3. The highest BCUT2D eigenvalue weighted by Gasteiger charge is 2.69. The molecule has 0 unspecified atom stereocenters. The van der Waals surface area contributed by atoms with Crippen LogP contribution < -0.4 is 0 Å². The van der Waals surface area contributed by atoms with Crippen molar-refractivity contribution in [2.75, 3.05) is 0 Å². The lowest BCUT2D eigenvalue weighted by Crippen LogP contribution is -2.58. The third-order valence-corrected chi connectivity index (χ3v) is 8.78. The minimum atomic E-state index is -1.23. The third kappa shape index (κ3) is 2.75. The van der Waals surface area contributed by atoms with E-state index in [0.29, 0.717) is 18.8 Å². The molecular weight excluding hydrogens is 400 g/mol. The van der Waals surface area contributed by atoms with Gasteiger partial charge in [-0.3, -0.25) is 14.4 Å². The van der Waals surface area contributed by atoms with Crippen molar-refractivity contribution in [1.82, 2.24) is 0 Å². The van der Waals surface area contributed by atoms with Gasteiger partial charge < -0.3 is 4.74 Å². The summed E-state index contributed by atoms with van der Waals surface area (Å²) in [5.41, 5.74) is 1.43. The van der Waals surface area contributed by atoms with Crippen LogP contribution in [-0.4, -0.2) is 23.1 Å². The van der Waals surface area contributed by atoms with E-state index in [4.69, 9.17) is 4.74 Å². The third-order valence-electron chi connectivity index (χ3n) is 8.78. The fourth-order valence-corrected chi connectivity index (χ4v) is 7.50. The maximum Gasteiger partial charge on any atom is 0.303 e. The molecule has 5 heteroatoms. The van der Waals surface area contributed by atoms with Crippen LogP contribution >= 0.6 is 12.4 Å². The zero-order valence-corrected chi connectivity index (χ0v) is 19.5. The second kappa shape index (κ2) is 7.19. The first kappa shape index (κ1) is 23.0. The predicted octanol–water partition coefficient (Wildman–Crippen LogP) is 5.16. The molecule has 0 aromatic carbocycles. The van der Waals surface area contributed by atoms with Crippen molar-refractivity contribution in [1.29, 1.82) is 0 Å². The van der Waals surface area contributed by atoms with Gasteiger partial charge >= 0.3 is 5.97 Å². The Morgan fingerprint density at radius 2 is 1.83 bits per heavy atom. The highest BCUT2D eigenvalue weighted by atomic mass is 35.5. The average molecular weight is 433 g/mol. The Bertz CT molecular complexity index is 899. The molecule has 0 heterocycles. The Labute approximate surface area is 185 Å². The molecule has 0 aromatic heterocycles. The van der Waals surface area contributed by atoms with Gasteiger partial charge in [-0.2, -0.15) is 0 Å². The quantitative estimate of drug-likeness (QED) is 0.446. The van der Waals surface area contributed by atoms with Gasteiger partial charge in [-0.15, -0.1) is 12.4 Å². The SMILES string of the molecule is C=C1C[C@H]2[C@@H]3C=C(C)C4=CC(=O)CC[C@]4(C)[C@H]3CC[C@]2(C)[C@@]1(OC(C)=O)C(C)=O.Cl. The van der Waals surface area contributed by atoms with Crippen LogP contribution in [0.1, 0.15) is 66.7 Å². The highest BCUT2D eigenvalue weighted by Crippen LogP contribution is 2.68. The van der Waals surface area contributed by atoms with E-state index in [1.54, 1.807) is 0 Å². The molecule has 0 saturated heterocycles. The summed E-state index contributed by atoms with van der Waals surface area (Å²) in [4.78, 5) is 37.0. The van der Waals surface area contributed by atoms with Crippen LogP contribution in [0.5, 0.6) is 0 Å². The van der Waals surface area contributed by atoms with Crippen molar-refractivity contribution >= 4 is 29.9 Å². The van der Waals surface area contributed by atoms with Crippen molar-refractivity contribution in [3.63, 3.8) is 0 Å².